The van der Waals surface area contributed by atoms with Crippen LogP contribution in [-0.2, 0) is 0 Å². The first-order valence-electron chi connectivity index (χ1n) is 7.82. The summed E-state index contributed by atoms with van der Waals surface area (Å²) < 4.78 is 5.31. The number of carbonyl (C=O) groups excluding carboxylic acids is 1. The van der Waals surface area contributed by atoms with E-state index in [0.29, 0.717) is 5.75 Å². The second-order valence-corrected chi connectivity index (χ2v) is 5.33. The van der Waals surface area contributed by atoms with E-state index in [0.717, 1.165) is 50.0 Å². The van der Waals surface area contributed by atoms with Gasteiger partial charge in [-0.15, -0.1) is 0 Å². The number of hydrogen-bond donors (Lipinski definition) is 1. The summed E-state index contributed by atoms with van der Waals surface area (Å²) in [6, 6.07) is 5.75. The zero-order valence-corrected chi connectivity index (χ0v) is 13.7. The van der Waals surface area contributed by atoms with Gasteiger partial charge in [-0.3, -0.25) is 0 Å². The fourth-order valence-electron chi connectivity index (χ4n) is 2.13. The lowest BCUT2D eigenvalue weighted by Crippen LogP contribution is -2.36. The van der Waals surface area contributed by atoms with E-state index in [2.05, 4.69) is 19.2 Å². The van der Waals surface area contributed by atoms with Gasteiger partial charge in [0.1, 0.15) is 5.75 Å². The van der Waals surface area contributed by atoms with Crippen molar-refractivity contribution in [3.63, 3.8) is 0 Å². The quantitative estimate of drug-likeness (QED) is 0.769. The Morgan fingerprint density at radius 2 is 1.81 bits per heavy atom. The Morgan fingerprint density at radius 1 is 1.19 bits per heavy atom. The van der Waals surface area contributed by atoms with Gasteiger partial charge in [0, 0.05) is 13.1 Å². The molecule has 0 saturated heterocycles. The number of nitrogens with one attached hydrogen (secondary N) is 1. The molecule has 4 heteroatoms. The van der Waals surface area contributed by atoms with Crippen LogP contribution in [0.4, 0.5) is 10.5 Å². The molecule has 0 unspecified atom stereocenters. The van der Waals surface area contributed by atoms with Crippen LogP contribution in [0, 0.1) is 6.92 Å². The molecule has 0 bridgehead atoms. The van der Waals surface area contributed by atoms with E-state index < -0.39 is 0 Å². The summed E-state index contributed by atoms with van der Waals surface area (Å²) in [6.45, 7) is 7.88. The van der Waals surface area contributed by atoms with Gasteiger partial charge in [-0.1, -0.05) is 32.8 Å². The lowest BCUT2D eigenvalue weighted by atomic mass is 10.2. The van der Waals surface area contributed by atoms with Crippen molar-refractivity contribution in [2.75, 3.05) is 25.5 Å². The number of carbonyl (C=O) groups is 1. The van der Waals surface area contributed by atoms with Crippen molar-refractivity contribution >= 4 is 11.7 Å². The van der Waals surface area contributed by atoms with Gasteiger partial charge in [0.15, 0.2) is 0 Å². The number of unbranched alkanes of at least 4 members (excludes halogenated alkanes) is 2. The third-order valence-electron chi connectivity index (χ3n) is 3.45. The van der Waals surface area contributed by atoms with Gasteiger partial charge in [-0.25, -0.2) is 4.79 Å². The Labute approximate surface area is 128 Å². The molecule has 0 aliphatic carbocycles. The maximum Gasteiger partial charge on any atom is 0.321 e. The summed E-state index contributed by atoms with van der Waals surface area (Å²) in [5.41, 5.74) is 1.83. The van der Waals surface area contributed by atoms with Crippen molar-refractivity contribution in [3.05, 3.63) is 23.8 Å². The van der Waals surface area contributed by atoms with E-state index in [9.17, 15) is 4.79 Å². The molecule has 1 aromatic carbocycles. The maximum absolute atomic E-state index is 12.5. The third-order valence-corrected chi connectivity index (χ3v) is 3.45. The van der Waals surface area contributed by atoms with Crippen LogP contribution in [0.15, 0.2) is 18.2 Å². The molecule has 1 N–H and O–H groups in total. The van der Waals surface area contributed by atoms with Crippen LogP contribution in [-0.4, -0.2) is 31.1 Å². The van der Waals surface area contributed by atoms with Crippen LogP contribution >= 0.6 is 0 Å². The minimum Gasteiger partial charge on any atom is -0.495 e. The summed E-state index contributed by atoms with van der Waals surface area (Å²) in [6.07, 6.45) is 4.23. The summed E-state index contributed by atoms with van der Waals surface area (Å²) >= 11 is 0. The first-order chi connectivity index (χ1) is 10.1. The highest BCUT2D eigenvalue weighted by Gasteiger charge is 2.14. The predicted molar refractivity (Wildman–Crippen MR) is 88.1 cm³/mol. The minimum atomic E-state index is -0.0409. The Bertz CT molecular complexity index is 438. The molecule has 0 aliphatic rings. The van der Waals surface area contributed by atoms with Crippen molar-refractivity contribution in [1.29, 1.82) is 0 Å². The van der Waals surface area contributed by atoms with E-state index in [4.69, 9.17) is 4.74 Å². The zero-order chi connectivity index (χ0) is 15.7. The minimum absolute atomic E-state index is 0.0409. The number of urea groups is 1. The third kappa shape index (κ3) is 5.66. The maximum atomic E-state index is 12.5. The number of aryl methyl sites for hydroxylation is 1. The Balaban J connectivity index is 2.77. The number of methoxy groups -OCH3 is 1. The Hall–Kier alpha value is -1.71. The molecule has 1 aromatic rings. The molecule has 0 heterocycles. The van der Waals surface area contributed by atoms with Crippen molar-refractivity contribution in [2.24, 2.45) is 0 Å². The Kier molecular flexibility index (Phi) is 7.65. The first kappa shape index (κ1) is 17.3. The van der Waals surface area contributed by atoms with Gasteiger partial charge in [0.05, 0.1) is 12.8 Å². The molecule has 21 heavy (non-hydrogen) atoms. The smallest absolute Gasteiger partial charge is 0.321 e. The van der Waals surface area contributed by atoms with Crippen LogP contribution in [0.25, 0.3) is 0 Å². The molecule has 0 fully saturated rings. The summed E-state index contributed by atoms with van der Waals surface area (Å²) in [4.78, 5) is 14.4. The number of ether oxygens (including phenoxy) is 1. The average molecular weight is 292 g/mol. The van der Waals surface area contributed by atoms with Crippen LogP contribution in [0.2, 0.25) is 0 Å². The highest BCUT2D eigenvalue weighted by atomic mass is 16.5. The predicted octanol–water partition coefficient (Wildman–Crippen LogP) is 4.44. The highest BCUT2D eigenvalue weighted by Crippen LogP contribution is 2.25. The number of benzene rings is 1. The molecule has 4 nitrogen and oxygen atoms in total. The number of rotatable bonds is 8. The zero-order valence-electron chi connectivity index (χ0n) is 13.7. The SMILES string of the molecule is CCCCN(CCCC)C(=O)Nc1cc(C)ccc1OC. The van der Waals surface area contributed by atoms with E-state index in [1.165, 1.54) is 0 Å². The van der Waals surface area contributed by atoms with E-state index >= 15 is 0 Å². The van der Waals surface area contributed by atoms with Crippen molar-refractivity contribution < 1.29 is 9.53 Å². The fraction of sp³-hybridized carbons (Fsp3) is 0.588. The number of anilines is 1. The highest BCUT2D eigenvalue weighted by molar-refractivity contribution is 5.91. The number of nitrogens with zero attached hydrogens (tertiary/aromatic N) is 1. The van der Waals surface area contributed by atoms with Gasteiger partial charge >= 0.3 is 6.03 Å². The molecule has 2 amide bonds. The fourth-order valence-corrected chi connectivity index (χ4v) is 2.13. The van der Waals surface area contributed by atoms with E-state index in [1.807, 2.05) is 30.0 Å². The van der Waals surface area contributed by atoms with Crippen LogP contribution in [0.1, 0.15) is 45.1 Å². The summed E-state index contributed by atoms with van der Waals surface area (Å²) in [5, 5.41) is 2.98. The molecule has 0 aromatic heterocycles. The number of hydrogen-bond acceptors (Lipinski definition) is 2. The van der Waals surface area contributed by atoms with Gasteiger partial charge in [0.2, 0.25) is 0 Å². The Morgan fingerprint density at radius 3 is 2.33 bits per heavy atom. The van der Waals surface area contributed by atoms with E-state index in [-0.39, 0.29) is 6.03 Å². The molecule has 0 aliphatic heterocycles. The molecular formula is C17H28N2O2. The van der Waals surface area contributed by atoms with Gasteiger partial charge < -0.3 is 15.0 Å². The average Bonchev–Trinajstić information content (AvgIpc) is 2.47. The summed E-state index contributed by atoms with van der Waals surface area (Å²) in [7, 11) is 1.62. The van der Waals surface area contributed by atoms with E-state index in [1.54, 1.807) is 7.11 Å². The van der Waals surface area contributed by atoms with Gasteiger partial charge in [0.25, 0.3) is 0 Å². The molecule has 118 valence electrons. The second kappa shape index (κ2) is 9.27. The molecule has 0 saturated carbocycles. The van der Waals surface area contributed by atoms with Crippen LogP contribution in [0.3, 0.4) is 0 Å². The van der Waals surface area contributed by atoms with Crippen LogP contribution in [0.5, 0.6) is 5.75 Å². The lowest BCUT2D eigenvalue weighted by molar-refractivity contribution is 0.209. The lowest BCUT2D eigenvalue weighted by Gasteiger charge is -2.23. The van der Waals surface area contributed by atoms with Gasteiger partial charge in [-0.2, -0.15) is 0 Å². The van der Waals surface area contributed by atoms with Gasteiger partial charge in [-0.05, 0) is 37.5 Å². The topological polar surface area (TPSA) is 41.6 Å². The first-order valence-corrected chi connectivity index (χ1v) is 7.82. The number of amides is 2. The summed E-state index contributed by atoms with van der Waals surface area (Å²) in [5.74, 6) is 0.694. The largest absolute Gasteiger partial charge is 0.495 e. The molecule has 0 radical (unpaired) electrons. The molecule has 0 atom stereocenters. The van der Waals surface area contributed by atoms with Crippen molar-refractivity contribution in [2.45, 2.75) is 46.5 Å². The standard InChI is InChI=1S/C17H28N2O2/c1-5-7-11-19(12-8-6-2)17(20)18-15-13-14(3)9-10-16(15)21-4/h9-10,13H,5-8,11-12H2,1-4H3,(H,18,20). The van der Waals surface area contributed by atoms with Crippen LogP contribution < -0.4 is 10.1 Å². The van der Waals surface area contributed by atoms with Crippen molar-refractivity contribution in [1.82, 2.24) is 4.90 Å². The molecular weight excluding hydrogens is 264 g/mol. The van der Waals surface area contributed by atoms with Crippen molar-refractivity contribution in [3.8, 4) is 5.75 Å². The molecule has 0 spiro atoms. The normalized spacial score (nSPS) is 10.3. The molecule has 1 rings (SSSR count). The second-order valence-electron chi connectivity index (χ2n) is 5.33. The monoisotopic (exact) mass is 292 g/mol.